The first-order chi connectivity index (χ1) is 10.1. The Morgan fingerprint density at radius 2 is 1.91 bits per heavy atom. The zero-order chi connectivity index (χ0) is 16.9. The van der Waals surface area contributed by atoms with Gasteiger partial charge in [-0.15, -0.1) is 0 Å². The number of halogens is 1. The van der Waals surface area contributed by atoms with Gasteiger partial charge in [-0.3, -0.25) is 4.79 Å². The van der Waals surface area contributed by atoms with E-state index in [1.165, 1.54) is 7.11 Å². The lowest BCUT2D eigenvalue weighted by molar-refractivity contribution is -0.123. The van der Waals surface area contributed by atoms with E-state index >= 15 is 0 Å². The van der Waals surface area contributed by atoms with Crippen molar-refractivity contribution in [1.82, 2.24) is 10.6 Å². The van der Waals surface area contributed by atoms with Crippen molar-refractivity contribution >= 4 is 29.2 Å². The molecule has 22 heavy (non-hydrogen) atoms. The Hall–Kier alpha value is -1.95. The van der Waals surface area contributed by atoms with Crippen molar-refractivity contribution < 1.29 is 14.3 Å². The molecule has 122 valence electrons. The molecule has 0 spiro atoms. The lowest BCUT2D eigenvalue weighted by atomic mass is 10.1. The molecule has 3 N–H and O–H groups in total. The molecular formula is C15H22ClN3O3. The molecule has 1 aromatic carbocycles. The van der Waals surface area contributed by atoms with Crippen molar-refractivity contribution in [3.8, 4) is 5.75 Å². The van der Waals surface area contributed by atoms with Crippen LogP contribution in [0.1, 0.15) is 27.7 Å². The van der Waals surface area contributed by atoms with Gasteiger partial charge in [-0.2, -0.15) is 0 Å². The number of urea groups is 1. The lowest BCUT2D eigenvalue weighted by Crippen LogP contribution is -2.51. The maximum absolute atomic E-state index is 12.0. The summed E-state index contributed by atoms with van der Waals surface area (Å²) in [7, 11) is 1.46. The predicted molar refractivity (Wildman–Crippen MR) is 87.5 cm³/mol. The second-order valence-electron chi connectivity index (χ2n) is 5.88. The van der Waals surface area contributed by atoms with Crippen LogP contribution in [-0.4, -0.2) is 30.6 Å². The number of methoxy groups -OCH3 is 1. The summed E-state index contributed by atoms with van der Waals surface area (Å²) in [6.45, 7) is 7.22. The van der Waals surface area contributed by atoms with Crippen LogP contribution in [0.5, 0.6) is 5.75 Å². The third kappa shape index (κ3) is 5.44. The maximum Gasteiger partial charge on any atom is 0.319 e. The first-order valence-corrected chi connectivity index (χ1v) is 7.24. The summed E-state index contributed by atoms with van der Waals surface area (Å²) in [5, 5.41) is 8.35. The van der Waals surface area contributed by atoms with Crippen LogP contribution in [0.2, 0.25) is 5.02 Å². The molecule has 0 radical (unpaired) electrons. The maximum atomic E-state index is 12.0. The molecule has 0 saturated heterocycles. The molecule has 0 bridgehead atoms. The topological polar surface area (TPSA) is 79.5 Å². The molecule has 0 unspecified atom stereocenters. The van der Waals surface area contributed by atoms with Crippen molar-refractivity contribution in [2.45, 2.75) is 39.3 Å². The molecule has 0 saturated carbocycles. The van der Waals surface area contributed by atoms with Gasteiger partial charge in [0.25, 0.3) is 0 Å². The monoisotopic (exact) mass is 327 g/mol. The largest absolute Gasteiger partial charge is 0.493 e. The molecular weight excluding hydrogens is 306 g/mol. The Bertz CT molecular complexity index is 555. The molecule has 6 nitrogen and oxygen atoms in total. The van der Waals surface area contributed by atoms with Crippen molar-refractivity contribution in [3.63, 3.8) is 0 Å². The highest BCUT2D eigenvalue weighted by molar-refractivity contribution is 6.32. The van der Waals surface area contributed by atoms with E-state index in [9.17, 15) is 9.59 Å². The molecule has 0 aliphatic rings. The Morgan fingerprint density at radius 1 is 1.27 bits per heavy atom. The van der Waals surface area contributed by atoms with E-state index < -0.39 is 12.1 Å². The van der Waals surface area contributed by atoms with Crippen LogP contribution in [0.4, 0.5) is 10.5 Å². The molecule has 0 aliphatic carbocycles. The van der Waals surface area contributed by atoms with E-state index in [2.05, 4.69) is 16.0 Å². The standard InChI is InChI=1S/C15H22ClN3O3/c1-9(13(20)19-15(2,3)4)17-14(21)18-11-8-6-7-10(16)12(11)22-5/h6-9H,1-5H3,(H,19,20)(H2,17,18,21)/t9-/m1/s1. The summed E-state index contributed by atoms with van der Waals surface area (Å²) in [5.74, 6) is 0.104. The van der Waals surface area contributed by atoms with Gasteiger partial charge < -0.3 is 20.7 Å². The van der Waals surface area contributed by atoms with Crippen molar-refractivity contribution in [2.24, 2.45) is 0 Å². The predicted octanol–water partition coefficient (Wildman–Crippen LogP) is 2.77. The van der Waals surface area contributed by atoms with Gasteiger partial charge in [0, 0.05) is 5.54 Å². The zero-order valence-corrected chi connectivity index (χ0v) is 14.2. The molecule has 0 fully saturated rings. The van der Waals surface area contributed by atoms with Crippen molar-refractivity contribution in [3.05, 3.63) is 23.2 Å². The number of benzene rings is 1. The van der Waals surface area contributed by atoms with Gasteiger partial charge in [0.1, 0.15) is 6.04 Å². The number of para-hydroxylation sites is 1. The number of carbonyl (C=O) groups excluding carboxylic acids is 2. The first kappa shape index (κ1) is 18.1. The Labute approximate surface area is 135 Å². The van der Waals surface area contributed by atoms with Gasteiger partial charge in [0.05, 0.1) is 17.8 Å². The number of hydrogen-bond acceptors (Lipinski definition) is 3. The second kappa shape index (κ2) is 7.35. The Balaban J connectivity index is 2.67. The number of hydrogen-bond donors (Lipinski definition) is 3. The third-order valence-electron chi connectivity index (χ3n) is 2.66. The van der Waals surface area contributed by atoms with Gasteiger partial charge in [-0.25, -0.2) is 4.79 Å². The summed E-state index contributed by atoms with van der Waals surface area (Å²) >= 11 is 5.98. The van der Waals surface area contributed by atoms with E-state index in [0.717, 1.165) is 0 Å². The summed E-state index contributed by atoms with van der Waals surface area (Å²) in [6, 6.07) is 3.81. The van der Waals surface area contributed by atoms with Crippen molar-refractivity contribution in [2.75, 3.05) is 12.4 Å². The fourth-order valence-corrected chi connectivity index (χ4v) is 1.96. The number of ether oxygens (including phenoxy) is 1. The quantitative estimate of drug-likeness (QED) is 0.795. The fraction of sp³-hybridized carbons (Fsp3) is 0.467. The number of anilines is 1. The van der Waals surface area contributed by atoms with Crippen LogP contribution in [0, 0.1) is 0 Å². The number of amides is 3. The molecule has 1 aromatic rings. The summed E-state index contributed by atoms with van der Waals surface area (Å²) in [4.78, 5) is 23.9. The first-order valence-electron chi connectivity index (χ1n) is 6.86. The highest BCUT2D eigenvalue weighted by Crippen LogP contribution is 2.32. The molecule has 0 aromatic heterocycles. The lowest BCUT2D eigenvalue weighted by Gasteiger charge is -2.23. The highest BCUT2D eigenvalue weighted by Gasteiger charge is 2.21. The summed E-state index contributed by atoms with van der Waals surface area (Å²) < 4.78 is 5.14. The van der Waals surface area contributed by atoms with Gasteiger partial charge in [-0.05, 0) is 39.8 Å². The van der Waals surface area contributed by atoms with E-state index in [1.807, 2.05) is 20.8 Å². The van der Waals surface area contributed by atoms with Gasteiger partial charge >= 0.3 is 6.03 Å². The van der Waals surface area contributed by atoms with E-state index in [0.29, 0.717) is 16.5 Å². The fourth-order valence-electron chi connectivity index (χ4n) is 1.71. The molecule has 0 heterocycles. The minimum Gasteiger partial charge on any atom is -0.493 e. The average Bonchev–Trinajstić information content (AvgIpc) is 2.36. The minimum absolute atomic E-state index is 0.263. The van der Waals surface area contributed by atoms with Gasteiger partial charge in [0.2, 0.25) is 5.91 Å². The van der Waals surface area contributed by atoms with Crippen LogP contribution in [0.3, 0.4) is 0 Å². The number of carbonyl (C=O) groups is 2. The van der Waals surface area contributed by atoms with Crippen LogP contribution in [0.15, 0.2) is 18.2 Å². The molecule has 0 aliphatic heterocycles. The summed E-state index contributed by atoms with van der Waals surface area (Å²) in [5.41, 5.74) is 0.0654. The van der Waals surface area contributed by atoms with Crippen LogP contribution in [-0.2, 0) is 4.79 Å². The highest BCUT2D eigenvalue weighted by atomic mass is 35.5. The van der Waals surface area contributed by atoms with Crippen LogP contribution in [0.25, 0.3) is 0 Å². The average molecular weight is 328 g/mol. The van der Waals surface area contributed by atoms with Crippen LogP contribution >= 0.6 is 11.6 Å². The van der Waals surface area contributed by atoms with E-state index in [1.54, 1.807) is 25.1 Å². The van der Waals surface area contributed by atoms with E-state index in [4.69, 9.17) is 16.3 Å². The molecule has 1 rings (SSSR count). The smallest absolute Gasteiger partial charge is 0.319 e. The minimum atomic E-state index is -0.676. The number of nitrogens with one attached hydrogen (secondary N) is 3. The molecule has 7 heteroatoms. The zero-order valence-electron chi connectivity index (χ0n) is 13.4. The normalized spacial score (nSPS) is 12.3. The van der Waals surface area contributed by atoms with E-state index in [-0.39, 0.29) is 11.4 Å². The summed E-state index contributed by atoms with van der Waals surface area (Å²) in [6.07, 6.45) is 0. The number of rotatable bonds is 4. The van der Waals surface area contributed by atoms with Crippen LogP contribution < -0.4 is 20.7 Å². The third-order valence-corrected chi connectivity index (χ3v) is 2.96. The van der Waals surface area contributed by atoms with Gasteiger partial charge in [-0.1, -0.05) is 17.7 Å². The molecule has 1 atom stereocenters. The van der Waals surface area contributed by atoms with Gasteiger partial charge in [0.15, 0.2) is 5.75 Å². The molecule has 3 amide bonds. The Kier molecular flexibility index (Phi) is 6.05. The van der Waals surface area contributed by atoms with Crippen molar-refractivity contribution in [1.29, 1.82) is 0 Å². The second-order valence-corrected chi connectivity index (χ2v) is 6.29. The SMILES string of the molecule is COc1c(Cl)cccc1NC(=O)N[C@H](C)C(=O)NC(C)(C)C. The Morgan fingerprint density at radius 3 is 2.45 bits per heavy atom.